The maximum atomic E-state index is 3.00. The zero-order valence-corrected chi connectivity index (χ0v) is 5.50. The van der Waals surface area contributed by atoms with Crippen molar-refractivity contribution in [2.24, 2.45) is 0 Å². The second-order valence-electron chi connectivity index (χ2n) is 1.08. The first kappa shape index (κ1) is 6.95. The van der Waals surface area contributed by atoms with Crippen molar-refractivity contribution >= 4 is 4.00 Å². The van der Waals surface area contributed by atoms with Crippen LogP contribution in [0.2, 0.25) is 0 Å². The minimum absolute atomic E-state index is 0. The van der Waals surface area contributed by atoms with Gasteiger partial charge in [0, 0.05) is 0 Å². The van der Waals surface area contributed by atoms with Crippen LogP contribution in [0.4, 0.5) is 0 Å². The van der Waals surface area contributed by atoms with Crippen LogP contribution < -0.4 is 10.1 Å². The summed E-state index contributed by atoms with van der Waals surface area (Å²) in [5, 5.41) is 0. The molecule has 0 atom stereocenters. The molecule has 7 heavy (non-hydrogen) atoms. The first-order chi connectivity index (χ1) is 2.89. The van der Waals surface area contributed by atoms with E-state index in [2.05, 4.69) is 4.98 Å². The molecule has 0 fully saturated rings. The van der Waals surface area contributed by atoms with Gasteiger partial charge in [0.2, 0.25) is 0 Å². The average Bonchev–Trinajstić information content (AvgIpc) is 1.86. The molecule has 4 N–H and O–H groups in total. The van der Waals surface area contributed by atoms with Crippen molar-refractivity contribution < 1.29 is 20.4 Å². The topological polar surface area (TPSA) is 50.8 Å². The molecule has 0 saturated carbocycles. The summed E-state index contributed by atoms with van der Waals surface area (Å²) in [5.74, 6) is 0. The Morgan fingerprint density at radius 3 is 2.43 bits per heavy atom. The molecule has 3 heteroatoms. The zero-order valence-electron chi connectivity index (χ0n) is 3.94. The number of hydrogen-bond donors (Lipinski definition) is 2. The Bertz CT molecular complexity index is 113. The summed E-state index contributed by atoms with van der Waals surface area (Å²) in [6.07, 6.45) is 1.91. The normalized spacial score (nSPS) is 7.29. The van der Waals surface area contributed by atoms with Gasteiger partial charge in [0.05, 0.1) is 0 Å². The Morgan fingerprint density at radius 1 is 1.57 bits per heavy atom. The second kappa shape index (κ2) is 3.02. The molecule has 1 aromatic heterocycles. The van der Waals surface area contributed by atoms with Crippen molar-refractivity contribution in [1.82, 2.24) is 11.1 Å². The average molecular weight is 131 g/mol. The second-order valence-corrected chi connectivity index (χ2v) is 1.92. The molecule has 37 valence electrons. The van der Waals surface area contributed by atoms with E-state index >= 15 is 0 Å². The number of H-pyrrole nitrogens is 1. The monoisotopic (exact) mass is 131 g/mol. The molecule has 0 saturated heterocycles. The van der Waals surface area contributed by atoms with Gasteiger partial charge in [0.25, 0.3) is 0 Å². The predicted octanol–water partition coefficient (Wildman–Crippen LogP) is 0.349. The number of nitrogens with one attached hydrogen (secondary N) is 1. The Labute approximate surface area is 54.3 Å². The molecule has 0 unspecified atom stereocenters. The van der Waals surface area contributed by atoms with E-state index in [9.17, 15) is 0 Å². The van der Waals surface area contributed by atoms with Gasteiger partial charge in [0.1, 0.15) is 0 Å². The first-order valence-corrected chi connectivity index (χ1v) is 2.52. The van der Waals surface area contributed by atoms with E-state index in [1.807, 2.05) is 38.8 Å². The van der Waals surface area contributed by atoms with Crippen molar-refractivity contribution in [3.8, 4) is 0 Å². The summed E-state index contributed by atoms with van der Waals surface area (Å²) >= 11 is 2.03. The summed E-state index contributed by atoms with van der Waals surface area (Å²) in [7, 11) is 0. The maximum absolute atomic E-state index is 3.00. The molecule has 0 amide bonds. The molecule has 0 aliphatic heterocycles. The first-order valence-electron chi connectivity index (χ1n) is 1.74. The van der Waals surface area contributed by atoms with Crippen LogP contribution in [0.25, 0.3) is 0 Å². The van der Waals surface area contributed by atoms with E-state index < -0.39 is 0 Å². The molecule has 0 spiro atoms. The molecule has 2 nitrogen and oxygen atoms in total. The predicted molar refractivity (Wildman–Crippen MR) is 25.4 cm³/mol. The number of aromatic nitrogens is 1. The van der Waals surface area contributed by atoms with Crippen LogP contribution >= 0.6 is 0 Å². The van der Waals surface area contributed by atoms with Crippen LogP contribution in [0.1, 0.15) is 0 Å². The van der Waals surface area contributed by atoms with Crippen molar-refractivity contribution in [2.45, 2.75) is 0 Å². The van der Waals surface area contributed by atoms with Gasteiger partial charge in [-0.2, -0.15) is 0 Å². The molecule has 0 aliphatic rings. The van der Waals surface area contributed by atoms with E-state index in [1.54, 1.807) is 0 Å². The summed E-state index contributed by atoms with van der Waals surface area (Å²) < 4.78 is 1.22. The van der Waals surface area contributed by atoms with E-state index in [1.165, 1.54) is 4.00 Å². The molecule has 0 bridgehead atoms. The third-order valence-electron chi connectivity index (χ3n) is 0.598. The van der Waals surface area contributed by atoms with E-state index in [-0.39, 0.29) is 6.15 Å². The van der Waals surface area contributed by atoms with Gasteiger partial charge in [-0.25, -0.2) is 0 Å². The van der Waals surface area contributed by atoms with Gasteiger partial charge in [0.15, 0.2) is 0 Å². The Kier molecular flexibility index (Phi) is 3.00. The molecular weight excluding hydrogens is 124 g/mol. The summed E-state index contributed by atoms with van der Waals surface area (Å²) in [4.78, 5) is 3.00. The molecule has 1 rings (SSSR count). The Balaban J connectivity index is 0.000000360. The minimum atomic E-state index is 0. The van der Waals surface area contributed by atoms with Gasteiger partial charge in [-0.1, -0.05) is 0 Å². The van der Waals surface area contributed by atoms with Crippen molar-refractivity contribution in [2.75, 3.05) is 0 Å². The van der Waals surface area contributed by atoms with Gasteiger partial charge < -0.3 is 6.15 Å². The summed E-state index contributed by atoms with van der Waals surface area (Å²) in [5.41, 5.74) is 0. The summed E-state index contributed by atoms with van der Waals surface area (Å²) in [6, 6.07) is 4.01. The third kappa shape index (κ3) is 1.93. The van der Waals surface area contributed by atoms with Crippen molar-refractivity contribution in [3.63, 3.8) is 0 Å². The summed E-state index contributed by atoms with van der Waals surface area (Å²) in [6.45, 7) is 0. The number of aromatic amines is 1. The van der Waals surface area contributed by atoms with Gasteiger partial charge in [-0.05, 0) is 0 Å². The van der Waals surface area contributed by atoms with E-state index in [0.29, 0.717) is 0 Å². The SMILES string of the molecule is N.[Ti][c]1ccc[nH]1. The van der Waals surface area contributed by atoms with Crippen LogP contribution in [0.5, 0.6) is 0 Å². The molecule has 1 heterocycles. The standard InChI is InChI=1S/C4H4N.H3N.Ti/c1-2-4-5-3-1;;/h1-3,5H;1H3;. The quantitative estimate of drug-likeness (QED) is 0.490. The fourth-order valence-electron chi connectivity index (χ4n) is 0.330. The number of hydrogen-bond acceptors (Lipinski definition) is 1. The third-order valence-corrected chi connectivity index (χ3v) is 1.08. The fraction of sp³-hybridized carbons (Fsp3) is 0. The Hall–Kier alpha value is -0.0457. The van der Waals surface area contributed by atoms with Gasteiger partial charge >= 0.3 is 47.7 Å². The van der Waals surface area contributed by atoms with Crippen LogP contribution in [0, 0.1) is 0 Å². The van der Waals surface area contributed by atoms with Gasteiger partial charge in [-0.3, -0.25) is 0 Å². The fourth-order valence-corrected chi connectivity index (χ4v) is 0.611. The van der Waals surface area contributed by atoms with Crippen molar-refractivity contribution in [3.05, 3.63) is 18.3 Å². The number of rotatable bonds is 0. The van der Waals surface area contributed by atoms with Gasteiger partial charge in [-0.15, -0.1) is 0 Å². The molecule has 1 aromatic rings. The molecule has 0 aliphatic carbocycles. The van der Waals surface area contributed by atoms with Crippen LogP contribution in [0.15, 0.2) is 18.3 Å². The zero-order chi connectivity index (χ0) is 4.41. The molecular formula is C4H7N2Ti. The van der Waals surface area contributed by atoms with Crippen LogP contribution in [-0.4, -0.2) is 4.98 Å². The molecule has 0 radical (unpaired) electrons. The molecule has 0 aromatic carbocycles. The van der Waals surface area contributed by atoms with E-state index in [4.69, 9.17) is 0 Å². The Morgan fingerprint density at radius 2 is 2.29 bits per heavy atom. The van der Waals surface area contributed by atoms with Crippen LogP contribution in [0.3, 0.4) is 0 Å². The van der Waals surface area contributed by atoms with Crippen molar-refractivity contribution in [1.29, 1.82) is 0 Å². The van der Waals surface area contributed by atoms with Crippen LogP contribution in [-0.2, 0) is 20.4 Å². The van der Waals surface area contributed by atoms with E-state index in [0.717, 1.165) is 0 Å².